The Morgan fingerprint density at radius 3 is 2.31 bits per heavy atom. The Kier molecular flexibility index (Phi) is 5.27. The van der Waals surface area contributed by atoms with Crippen LogP contribution >= 0.6 is 0 Å². The highest BCUT2D eigenvalue weighted by molar-refractivity contribution is 5.92. The summed E-state index contributed by atoms with van der Waals surface area (Å²) in [7, 11) is 0. The number of nitrogens with one attached hydrogen (secondary N) is 2. The Bertz CT molecular complexity index is 902. The molecule has 1 heterocycles. The fraction of sp³-hybridized carbons (Fsp3) is 0.190. The summed E-state index contributed by atoms with van der Waals surface area (Å²) < 4.78 is 0. The van der Waals surface area contributed by atoms with Crippen molar-refractivity contribution in [2.45, 2.75) is 27.3 Å². The van der Waals surface area contributed by atoms with E-state index in [4.69, 9.17) is 0 Å². The lowest BCUT2D eigenvalue weighted by atomic mass is 10.1. The first-order chi connectivity index (χ1) is 12.5. The second-order valence-electron chi connectivity index (χ2n) is 6.40. The maximum atomic E-state index is 12.2. The van der Waals surface area contributed by atoms with E-state index >= 15 is 0 Å². The van der Waals surface area contributed by atoms with Crippen molar-refractivity contribution in [2.75, 3.05) is 5.32 Å². The third-order valence-corrected chi connectivity index (χ3v) is 4.10. The van der Waals surface area contributed by atoms with E-state index in [1.54, 1.807) is 6.20 Å². The molecule has 0 spiro atoms. The number of hydrogen-bond donors (Lipinski definition) is 2. The monoisotopic (exact) mass is 346 g/mol. The average Bonchev–Trinajstić information content (AvgIpc) is 2.64. The number of benzene rings is 2. The Morgan fingerprint density at radius 2 is 1.65 bits per heavy atom. The molecule has 2 N–H and O–H groups in total. The van der Waals surface area contributed by atoms with Gasteiger partial charge < -0.3 is 10.6 Å². The molecule has 0 saturated heterocycles. The molecule has 1 amide bonds. The van der Waals surface area contributed by atoms with Gasteiger partial charge in [-0.1, -0.05) is 47.5 Å². The van der Waals surface area contributed by atoms with Crippen LogP contribution in [0.25, 0.3) is 0 Å². The summed E-state index contributed by atoms with van der Waals surface area (Å²) in [6.07, 6.45) is 3.05. The van der Waals surface area contributed by atoms with Crippen molar-refractivity contribution in [3.63, 3.8) is 0 Å². The van der Waals surface area contributed by atoms with E-state index in [9.17, 15) is 4.79 Å². The summed E-state index contributed by atoms with van der Waals surface area (Å²) in [4.78, 5) is 20.7. The highest BCUT2D eigenvalue weighted by atomic mass is 16.1. The van der Waals surface area contributed by atoms with Crippen LogP contribution in [0.15, 0.2) is 54.9 Å². The fourth-order valence-electron chi connectivity index (χ4n) is 2.58. The highest BCUT2D eigenvalue weighted by Gasteiger charge is 2.08. The molecule has 0 fully saturated rings. The van der Waals surface area contributed by atoms with Crippen molar-refractivity contribution >= 4 is 17.4 Å². The topological polar surface area (TPSA) is 66.9 Å². The Labute approximate surface area is 153 Å². The van der Waals surface area contributed by atoms with Gasteiger partial charge in [-0.05, 0) is 38.0 Å². The van der Waals surface area contributed by atoms with Gasteiger partial charge in [0.15, 0.2) is 0 Å². The van der Waals surface area contributed by atoms with Gasteiger partial charge in [-0.3, -0.25) is 4.79 Å². The van der Waals surface area contributed by atoms with Gasteiger partial charge in [0.05, 0.1) is 12.4 Å². The first kappa shape index (κ1) is 17.6. The van der Waals surface area contributed by atoms with Crippen molar-refractivity contribution in [2.24, 2.45) is 0 Å². The zero-order valence-electron chi connectivity index (χ0n) is 15.2. The van der Waals surface area contributed by atoms with E-state index in [-0.39, 0.29) is 5.91 Å². The molecule has 0 aliphatic carbocycles. The van der Waals surface area contributed by atoms with Gasteiger partial charge in [-0.2, -0.15) is 0 Å². The van der Waals surface area contributed by atoms with Crippen molar-refractivity contribution in [1.82, 2.24) is 15.3 Å². The number of aryl methyl sites for hydroxylation is 3. The van der Waals surface area contributed by atoms with Crippen LogP contribution in [0.2, 0.25) is 0 Å². The molecule has 26 heavy (non-hydrogen) atoms. The molecule has 3 aromatic rings. The first-order valence-corrected chi connectivity index (χ1v) is 8.51. The summed E-state index contributed by atoms with van der Waals surface area (Å²) in [5.74, 6) is 0.364. The molecular weight excluding hydrogens is 324 g/mol. The molecule has 0 aliphatic rings. The minimum absolute atomic E-state index is 0.240. The van der Waals surface area contributed by atoms with Gasteiger partial charge in [-0.15, -0.1) is 0 Å². The van der Waals surface area contributed by atoms with Crippen LogP contribution in [-0.2, 0) is 6.54 Å². The van der Waals surface area contributed by atoms with E-state index in [1.807, 2.05) is 50.2 Å². The summed E-state index contributed by atoms with van der Waals surface area (Å²) in [5, 5.41) is 6.08. The lowest BCUT2D eigenvalue weighted by Crippen LogP contribution is -2.24. The SMILES string of the molecule is Cc1ccc(CNC(=O)c2cnc(Nc3ccc(C)cc3C)cn2)cc1. The van der Waals surface area contributed by atoms with Gasteiger partial charge >= 0.3 is 0 Å². The van der Waals surface area contributed by atoms with Crippen LogP contribution in [-0.4, -0.2) is 15.9 Å². The van der Waals surface area contributed by atoms with Gasteiger partial charge in [0, 0.05) is 12.2 Å². The predicted molar refractivity (Wildman–Crippen MR) is 104 cm³/mol. The van der Waals surface area contributed by atoms with Crippen molar-refractivity contribution in [3.8, 4) is 0 Å². The summed E-state index contributed by atoms with van der Waals surface area (Å²) in [6.45, 7) is 6.59. The number of aromatic nitrogens is 2. The third kappa shape index (κ3) is 4.45. The predicted octanol–water partition coefficient (Wildman–Crippen LogP) is 4.08. The smallest absolute Gasteiger partial charge is 0.271 e. The largest absolute Gasteiger partial charge is 0.347 e. The van der Waals surface area contributed by atoms with E-state index in [2.05, 4.69) is 33.6 Å². The standard InChI is InChI=1S/C21H22N4O/c1-14-4-7-17(8-5-14)11-24-21(26)19-12-23-20(13-22-19)25-18-9-6-15(2)10-16(18)3/h4-10,12-13H,11H2,1-3H3,(H,23,25)(H,24,26). The maximum absolute atomic E-state index is 12.2. The van der Waals surface area contributed by atoms with Crippen LogP contribution in [0.3, 0.4) is 0 Å². The molecule has 2 aromatic carbocycles. The Balaban J connectivity index is 1.61. The minimum Gasteiger partial charge on any atom is -0.347 e. The van der Waals surface area contributed by atoms with Crippen molar-refractivity contribution in [1.29, 1.82) is 0 Å². The zero-order valence-corrected chi connectivity index (χ0v) is 15.2. The van der Waals surface area contributed by atoms with Crippen LogP contribution in [0.5, 0.6) is 0 Å². The summed E-state index contributed by atoms with van der Waals surface area (Å²) in [6, 6.07) is 14.2. The number of nitrogens with zero attached hydrogens (tertiary/aromatic N) is 2. The average molecular weight is 346 g/mol. The molecular formula is C21H22N4O. The molecule has 0 unspecified atom stereocenters. The van der Waals surface area contributed by atoms with E-state index < -0.39 is 0 Å². The van der Waals surface area contributed by atoms with E-state index in [0.717, 1.165) is 16.8 Å². The molecule has 0 bridgehead atoms. The Morgan fingerprint density at radius 1 is 0.923 bits per heavy atom. The lowest BCUT2D eigenvalue weighted by molar-refractivity contribution is 0.0945. The number of carbonyl (C=O) groups is 1. The maximum Gasteiger partial charge on any atom is 0.271 e. The number of anilines is 2. The van der Waals surface area contributed by atoms with Gasteiger partial charge in [0.25, 0.3) is 5.91 Å². The van der Waals surface area contributed by atoms with Gasteiger partial charge in [0.2, 0.25) is 0 Å². The number of hydrogen-bond acceptors (Lipinski definition) is 4. The van der Waals surface area contributed by atoms with E-state index in [1.165, 1.54) is 17.3 Å². The van der Waals surface area contributed by atoms with Gasteiger partial charge in [-0.25, -0.2) is 9.97 Å². The molecule has 0 atom stereocenters. The summed E-state index contributed by atoms with van der Waals surface area (Å²) >= 11 is 0. The minimum atomic E-state index is -0.240. The Hall–Kier alpha value is -3.21. The van der Waals surface area contributed by atoms with Crippen molar-refractivity contribution < 1.29 is 4.79 Å². The fourth-order valence-corrected chi connectivity index (χ4v) is 2.58. The quantitative estimate of drug-likeness (QED) is 0.731. The third-order valence-electron chi connectivity index (χ3n) is 4.10. The van der Waals surface area contributed by atoms with Crippen LogP contribution in [0.1, 0.15) is 32.7 Å². The second-order valence-corrected chi connectivity index (χ2v) is 6.40. The highest BCUT2D eigenvalue weighted by Crippen LogP contribution is 2.19. The second kappa shape index (κ2) is 7.78. The molecule has 5 heteroatoms. The molecule has 1 aromatic heterocycles. The number of rotatable bonds is 5. The van der Waals surface area contributed by atoms with Crippen LogP contribution < -0.4 is 10.6 Å². The van der Waals surface area contributed by atoms with Crippen LogP contribution in [0, 0.1) is 20.8 Å². The molecule has 5 nitrogen and oxygen atoms in total. The molecule has 0 aliphatic heterocycles. The van der Waals surface area contributed by atoms with E-state index in [0.29, 0.717) is 18.1 Å². The zero-order chi connectivity index (χ0) is 18.5. The summed E-state index contributed by atoms with van der Waals surface area (Å²) in [5.41, 5.74) is 5.85. The van der Waals surface area contributed by atoms with Crippen LogP contribution in [0.4, 0.5) is 11.5 Å². The molecule has 0 radical (unpaired) electrons. The molecule has 0 saturated carbocycles. The number of carbonyl (C=O) groups excluding carboxylic acids is 1. The number of amides is 1. The molecule has 3 rings (SSSR count). The van der Waals surface area contributed by atoms with Gasteiger partial charge in [0.1, 0.15) is 11.5 Å². The molecule has 132 valence electrons. The normalized spacial score (nSPS) is 10.4. The first-order valence-electron chi connectivity index (χ1n) is 8.51. The lowest BCUT2D eigenvalue weighted by Gasteiger charge is -2.10. The van der Waals surface area contributed by atoms with Crippen molar-refractivity contribution in [3.05, 3.63) is 82.8 Å².